The third-order valence-corrected chi connectivity index (χ3v) is 4.27. The van der Waals surface area contributed by atoms with Gasteiger partial charge in [-0.15, -0.1) is 0 Å². The molecule has 0 aromatic heterocycles. The zero-order valence-corrected chi connectivity index (χ0v) is 14.8. The summed E-state index contributed by atoms with van der Waals surface area (Å²) in [7, 11) is 0. The fraction of sp³-hybridized carbons (Fsp3) is 0.143. The molecule has 0 radical (unpaired) electrons. The first kappa shape index (κ1) is 15.2. The number of rotatable bonds is 3. The zero-order valence-electron chi connectivity index (χ0n) is 10.1. The average Bonchev–Trinajstić information content (AvgIpc) is 2.25. The van der Waals surface area contributed by atoms with E-state index >= 15 is 0 Å². The Bertz CT molecular complexity index is 571. The Labute approximate surface area is 139 Å². The van der Waals surface area contributed by atoms with E-state index in [9.17, 15) is 0 Å². The number of nitrogens with one attached hydrogen (secondary N) is 1. The molecule has 0 spiro atoms. The summed E-state index contributed by atoms with van der Waals surface area (Å²) in [6.45, 7) is 2.70. The molecule has 2 aromatic carbocycles. The van der Waals surface area contributed by atoms with Gasteiger partial charge in [-0.05, 0) is 80.2 Å². The van der Waals surface area contributed by atoms with Gasteiger partial charge < -0.3 is 5.32 Å². The van der Waals surface area contributed by atoms with Gasteiger partial charge in [0, 0.05) is 25.5 Å². The predicted molar refractivity (Wildman–Crippen MR) is 90.4 cm³/mol. The van der Waals surface area contributed by atoms with Crippen LogP contribution in [0.5, 0.6) is 0 Å². The molecular formula is C14H11Br2Cl2N. The fourth-order valence-electron chi connectivity index (χ4n) is 1.77. The molecule has 5 heteroatoms. The summed E-state index contributed by atoms with van der Waals surface area (Å²) in [6, 6.07) is 9.66. The Kier molecular flexibility index (Phi) is 5.18. The van der Waals surface area contributed by atoms with Crippen LogP contribution in [0.4, 0.5) is 5.69 Å². The van der Waals surface area contributed by atoms with E-state index in [1.54, 1.807) is 6.07 Å². The summed E-state index contributed by atoms with van der Waals surface area (Å²) in [5, 5.41) is 4.66. The van der Waals surface area contributed by atoms with Crippen LogP contribution in [0.15, 0.2) is 39.3 Å². The van der Waals surface area contributed by atoms with Crippen molar-refractivity contribution in [1.29, 1.82) is 0 Å². The molecule has 0 saturated heterocycles. The molecule has 1 nitrogen and oxygen atoms in total. The normalized spacial score (nSPS) is 10.6. The molecule has 0 amide bonds. The number of hydrogen-bond acceptors (Lipinski definition) is 1. The van der Waals surface area contributed by atoms with Crippen LogP contribution in [0.3, 0.4) is 0 Å². The van der Waals surface area contributed by atoms with Crippen molar-refractivity contribution in [1.82, 2.24) is 0 Å². The number of halogens is 4. The summed E-state index contributed by atoms with van der Waals surface area (Å²) < 4.78 is 2.04. The second-order valence-corrected chi connectivity index (χ2v) is 6.82. The predicted octanol–water partition coefficient (Wildman–Crippen LogP) is 6.44. The van der Waals surface area contributed by atoms with Crippen molar-refractivity contribution in [3.63, 3.8) is 0 Å². The maximum atomic E-state index is 5.98. The molecule has 0 bridgehead atoms. The second-order valence-electron chi connectivity index (χ2n) is 4.23. The first-order valence-electron chi connectivity index (χ1n) is 5.60. The molecule has 2 aromatic rings. The highest BCUT2D eigenvalue weighted by Crippen LogP contribution is 2.32. The van der Waals surface area contributed by atoms with Crippen molar-refractivity contribution >= 4 is 60.7 Å². The van der Waals surface area contributed by atoms with Gasteiger partial charge in [0.05, 0.1) is 5.69 Å². The van der Waals surface area contributed by atoms with Gasteiger partial charge in [0.15, 0.2) is 0 Å². The molecule has 0 aliphatic rings. The minimum Gasteiger partial charge on any atom is -0.379 e. The van der Waals surface area contributed by atoms with Crippen LogP contribution in [0.25, 0.3) is 0 Å². The van der Waals surface area contributed by atoms with Crippen LogP contribution in [-0.2, 0) is 6.54 Å². The highest BCUT2D eigenvalue weighted by molar-refractivity contribution is 9.11. The molecule has 2 rings (SSSR count). The Balaban J connectivity index is 2.19. The number of hydrogen-bond donors (Lipinski definition) is 1. The Hall–Kier alpha value is -0.220. The van der Waals surface area contributed by atoms with Crippen molar-refractivity contribution in [2.75, 3.05) is 5.32 Å². The Morgan fingerprint density at radius 3 is 2.00 bits per heavy atom. The van der Waals surface area contributed by atoms with Crippen LogP contribution in [0.2, 0.25) is 10.0 Å². The fourth-order valence-corrected chi connectivity index (χ4v) is 4.04. The number of aryl methyl sites for hydroxylation is 1. The molecule has 0 aliphatic heterocycles. The molecule has 100 valence electrons. The first-order chi connectivity index (χ1) is 8.95. The lowest BCUT2D eigenvalue weighted by atomic mass is 10.2. The molecular weight excluding hydrogens is 413 g/mol. The Morgan fingerprint density at radius 2 is 1.47 bits per heavy atom. The standard InChI is InChI=1S/C14H11Br2Cl2N/c1-8-2-12(15)14(13(16)3-8)19-7-9-4-10(17)6-11(18)5-9/h2-6,19H,7H2,1H3. The van der Waals surface area contributed by atoms with Crippen LogP contribution in [0.1, 0.15) is 11.1 Å². The molecule has 0 unspecified atom stereocenters. The summed E-state index contributed by atoms with van der Waals surface area (Å²) in [6.07, 6.45) is 0. The van der Waals surface area contributed by atoms with Gasteiger partial charge in [-0.2, -0.15) is 0 Å². The lowest BCUT2D eigenvalue weighted by Gasteiger charge is -2.12. The van der Waals surface area contributed by atoms with Crippen molar-refractivity contribution in [3.8, 4) is 0 Å². The van der Waals surface area contributed by atoms with E-state index in [1.807, 2.05) is 12.1 Å². The SMILES string of the molecule is Cc1cc(Br)c(NCc2cc(Cl)cc(Cl)c2)c(Br)c1. The van der Waals surface area contributed by atoms with E-state index in [0.717, 1.165) is 20.2 Å². The molecule has 0 aliphatic carbocycles. The van der Waals surface area contributed by atoms with Crippen molar-refractivity contribution in [3.05, 3.63) is 60.4 Å². The summed E-state index contributed by atoms with van der Waals surface area (Å²) in [5.74, 6) is 0. The molecule has 0 fully saturated rings. The van der Waals surface area contributed by atoms with Crippen LogP contribution in [0, 0.1) is 6.92 Å². The quantitative estimate of drug-likeness (QED) is 0.599. The van der Waals surface area contributed by atoms with Crippen LogP contribution < -0.4 is 5.32 Å². The van der Waals surface area contributed by atoms with E-state index in [1.165, 1.54) is 5.56 Å². The van der Waals surface area contributed by atoms with Crippen molar-refractivity contribution in [2.24, 2.45) is 0 Å². The maximum Gasteiger partial charge on any atom is 0.0631 e. The van der Waals surface area contributed by atoms with Gasteiger partial charge in [0.2, 0.25) is 0 Å². The van der Waals surface area contributed by atoms with Gasteiger partial charge >= 0.3 is 0 Å². The summed E-state index contributed by atoms with van der Waals surface area (Å²) >= 11 is 19.1. The minimum absolute atomic E-state index is 0.645. The largest absolute Gasteiger partial charge is 0.379 e. The molecule has 0 saturated carbocycles. The molecule has 1 N–H and O–H groups in total. The van der Waals surface area contributed by atoms with Gasteiger partial charge in [0.25, 0.3) is 0 Å². The van der Waals surface area contributed by atoms with Gasteiger partial charge in [-0.1, -0.05) is 23.2 Å². The third-order valence-electron chi connectivity index (χ3n) is 2.58. The number of benzene rings is 2. The smallest absolute Gasteiger partial charge is 0.0631 e. The van der Waals surface area contributed by atoms with Crippen molar-refractivity contribution in [2.45, 2.75) is 13.5 Å². The summed E-state index contributed by atoms with van der Waals surface area (Å²) in [4.78, 5) is 0. The Morgan fingerprint density at radius 1 is 0.947 bits per heavy atom. The van der Waals surface area contributed by atoms with Crippen LogP contribution in [-0.4, -0.2) is 0 Å². The van der Waals surface area contributed by atoms with E-state index in [2.05, 4.69) is 56.2 Å². The van der Waals surface area contributed by atoms with E-state index in [-0.39, 0.29) is 0 Å². The number of anilines is 1. The summed E-state index contributed by atoms with van der Waals surface area (Å²) in [5.41, 5.74) is 3.24. The molecule has 0 atom stereocenters. The highest BCUT2D eigenvalue weighted by atomic mass is 79.9. The second kappa shape index (κ2) is 6.49. The zero-order chi connectivity index (χ0) is 14.0. The lowest BCUT2D eigenvalue weighted by molar-refractivity contribution is 1.14. The van der Waals surface area contributed by atoms with Crippen molar-refractivity contribution < 1.29 is 0 Å². The average molecular weight is 424 g/mol. The van der Waals surface area contributed by atoms with E-state index in [4.69, 9.17) is 23.2 Å². The third kappa shape index (κ3) is 4.12. The first-order valence-corrected chi connectivity index (χ1v) is 7.94. The lowest BCUT2D eigenvalue weighted by Crippen LogP contribution is -2.01. The minimum atomic E-state index is 0.645. The van der Waals surface area contributed by atoms with Crippen LogP contribution >= 0.6 is 55.1 Å². The van der Waals surface area contributed by atoms with Gasteiger partial charge in [-0.3, -0.25) is 0 Å². The van der Waals surface area contributed by atoms with Gasteiger partial charge in [0.1, 0.15) is 0 Å². The topological polar surface area (TPSA) is 12.0 Å². The monoisotopic (exact) mass is 421 g/mol. The van der Waals surface area contributed by atoms with E-state index in [0.29, 0.717) is 16.6 Å². The van der Waals surface area contributed by atoms with E-state index < -0.39 is 0 Å². The highest BCUT2D eigenvalue weighted by Gasteiger charge is 2.06. The molecule has 19 heavy (non-hydrogen) atoms. The van der Waals surface area contributed by atoms with Gasteiger partial charge in [-0.25, -0.2) is 0 Å². The molecule has 0 heterocycles. The maximum absolute atomic E-state index is 5.98.